The molecule has 0 bridgehead atoms. The van der Waals surface area contributed by atoms with E-state index in [1.54, 1.807) is 0 Å². The summed E-state index contributed by atoms with van der Waals surface area (Å²) < 4.78 is 2.14. The van der Waals surface area contributed by atoms with Gasteiger partial charge >= 0.3 is 0 Å². The van der Waals surface area contributed by atoms with Crippen molar-refractivity contribution in [3.63, 3.8) is 0 Å². The van der Waals surface area contributed by atoms with E-state index in [0.29, 0.717) is 6.54 Å². The number of nitrogens with one attached hydrogen (secondary N) is 1. The standard InChI is InChI=1S/C12H20N4O/c1-3-9(2)12(17)13-8-11-15-14-10-6-4-5-7-16(10)11/h9H,3-8H2,1-2H3,(H,13,17). The normalized spacial score (nSPS) is 16.4. The van der Waals surface area contributed by atoms with Crippen LogP contribution in [0.2, 0.25) is 0 Å². The zero-order chi connectivity index (χ0) is 12.3. The van der Waals surface area contributed by atoms with Crippen LogP contribution in [0.25, 0.3) is 0 Å². The smallest absolute Gasteiger partial charge is 0.223 e. The highest BCUT2D eigenvalue weighted by Gasteiger charge is 2.17. The molecule has 1 amide bonds. The molecule has 17 heavy (non-hydrogen) atoms. The predicted molar refractivity (Wildman–Crippen MR) is 64.3 cm³/mol. The third kappa shape index (κ3) is 2.65. The maximum absolute atomic E-state index is 11.7. The summed E-state index contributed by atoms with van der Waals surface area (Å²) in [5.41, 5.74) is 0. The zero-order valence-electron chi connectivity index (χ0n) is 10.6. The number of carbonyl (C=O) groups is 1. The Labute approximate surface area is 102 Å². The van der Waals surface area contributed by atoms with Crippen LogP contribution in [0.15, 0.2) is 0 Å². The van der Waals surface area contributed by atoms with Crippen molar-refractivity contribution < 1.29 is 4.79 Å². The maximum atomic E-state index is 11.7. The summed E-state index contributed by atoms with van der Waals surface area (Å²) in [5, 5.41) is 11.2. The highest BCUT2D eigenvalue weighted by molar-refractivity contribution is 5.78. The van der Waals surface area contributed by atoms with E-state index in [1.807, 2.05) is 13.8 Å². The molecule has 0 aliphatic carbocycles. The van der Waals surface area contributed by atoms with E-state index in [1.165, 1.54) is 12.8 Å². The lowest BCUT2D eigenvalue weighted by atomic mass is 10.1. The third-order valence-electron chi connectivity index (χ3n) is 3.42. The second kappa shape index (κ2) is 5.29. The predicted octanol–water partition coefficient (Wildman–Crippen LogP) is 1.28. The molecule has 0 spiro atoms. The van der Waals surface area contributed by atoms with E-state index in [4.69, 9.17) is 0 Å². The maximum Gasteiger partial charge on any atom is 0.223 e. The minimum atomic E-state index is 0.0683. The molecule has 1 atom stereocenters. The van der Waals surface area contributed by atoms with Crippen LogP contribution in [0.4, 0.5) is 0 Å². The van der Waals surface area contributed by atoms with Gasteiger partial charge in [-0.25, -0.2) is 0 Å². The number of amides is 1. The largest absolute Gasteiger partial charge is 0.349 e. The highest BCUT2D eigenvalue weighted by Crippen LogP contribution is 2.14. The van der Waals surface area contributed by atoms with Crippen LogP contribution in [-0.2, 0) is 24.3 Å². The fraction of sp³-hybridized carbons (Fsp3) is 0.750. The monoisotopic (exact) mass is 236 g/mol. The van der Waals surface area contributed by atoms with Gasteiger partial charge in [-0.3, -0.25) is 4.79 Å². The van der Waals surface area contributed by atoms with Crippen LogP contribution in [0.5, 0.6) is 0 Å². The van der Waals surface area contributed by atoms with Gasteiger partial charge in [-0.1, -0.05) is 13.8 Å². The summed E-state index contributed by atoms with van der Waals surface area (Å²) in [7, 11) is 0. The van der Waals surface area contributed by atoms with Gasteiger partial charge in [-0.2, -0.15) is 0 Å². The minimum Gasteiger partial charge on any atom is -0.349 e. The van der Waals surface area contributed by atoms with Gasteiger partial charge in [0, 0.05) is 18.9 Å². The first-order valence-corrected chi connectivity index (χ1v) is 6.41. The molecule has 1 aliphatic heterocycles. The first-order chi connectivity index (χ1) is 8.22. The number of aromatic nitrogens is 3. The summed E-state index contributed by atoms with van der Waals surface area (Å²) in [4.78, 5) is 11.7. The average Bonchev–Trinajstić information content (AvgIpc) is 2.78. The number of nitrogens with zero attached hydrogens (tertiary/aromatic N) is 3. The average molecular weight is 236 g/mol. The first kappa shape index (κ1) is 12.1. The topological polar surface area (TPSA) is 59.8 Å². The molecule has 1 N–H and O–H groups in total. The molecular formula is C12H20N4O. The van der Waals surface area contributed by atoms with Crippen LogP contribution in [-0.4, -0.2) is 20.7 Å². The van der Waals surface area contributed by atoms with Crippen molar-refractivity contribution in [3.8, 4) is 0 Å². The molecule has 1 aromatic rings. The summed E-state index contributed by atoms with van der Waals surface area (Å²) in [6.07, 6.45) is 4.24. The van der Waals surface area contributed by atoms with E-state index >= 15 is 0 Å². The van der Waals surface area contributed by atoms with Crippen molar-refractivity contribution in [2.75, 3.05) is 0 Å². The van der Waals surface area contributed by atoms with Gasteiger partial charge < -0.3 is 9.88 Å². The summed E-state index contributed by atoms with van der Waals surface area (Å²) >= 11 is 0. The van der Waals surface area contributed by atoms with E-state index < -0.39 is 0 Å². The fourth-order valence-electron chi connectivity index (χ4n) is 2.03. The number of hydrogen-bond donors (Lipinski definition) is 1. The van der Waals surface area contributed by atoms with Crippen LogP contribution in [0.3, 0.4) is 0 Å². The molecule has 1 unspecified atom stereocenters. The summed E-state index contributed by atoms with van der Waals surface area (Å²) in [6, 6.07) is 0. The van der Waals surface area contributed by atoms with Crippen molar-refractivity contribution in [3.05, 3.63) is 11.6 Å². The minimum absolute atomic E-state index is 0.0683. The lowest BCUT2D eigenvalue weighted by Crippen LogP contribution is -2.30. The molecule has 5 nitrogen and oxygen atoms in total. The lowest BCUT2D eigenvalue weighted by molar-refractivity contribution is -0.124. The number of rotatable bonds is 4. The Balaban J connectivity index is 1.95. The Morgan fingerprint density at radius 2 is 2.29 bits per heavy atom. The van der Waals surface area contributed by atoms with Crippen molar-refractivity contribution in [1.29, 1.82) is 0 Å². The molecule has 0 saturated heterocycles. The van der Waals surface area contributed by atoms with Crippen molar-refractivity contribution in [2.24, 2.45) is 5.92 Å². The van der Waals surface area contributed by atoms with Crippen LogP contribution >= 0.6 is 0 Å². The SMILES string of the molecule is CCC(C)C(=O)NCc1nnc2n1CCCC2. The van der Waals surface area contributed by atoms with Crippen molar-refractivity contribution >= 4 is 5.91 Å². The van der Waals surface area contributed by atoms with E-state index in [-0.39, 0.29) is 11.8 Å². The van der Waals surface area contributed by atoms with E-state index in [0.717, 1.165) is 31.0 Å². The first-order valence-electron chi connectivity index (χ1n) is 6.41. The number of aryl methyl sites for hydroxylation is 1. The molecule has 94 valence electrons. The molecule has 0 radical (unpaired) electrons. The second-order valence-electron chi connectivity index (χ2n) is 4.67. The van der Waals surface area contributed by atoms with Crippen LogP contribution in [0, 0.1) is 5.92 Å². The molecule has 5 heteroatoms. The number of carbonyl (C=O) groups excluding carboxylic acids is 1. The van der Waals surface area contributed by atoms with Crippen LogP contribution < -0.4 is 5.32 Å². The van der Waals surface area contributed by atoms with Gasteiger partial charge in [-0.15, -0.1) is 10.2 Å². The van der Waals surface area contributed by atoms with Crippen molar-refractivity contribution in [2.45, 2.75) is 52.6 Å². The van der Waals surface area contributed by atoms with Gasteiger partial charge in [0.05, 0.1) is 6.54 Å². The van der Waals surface area contributed by atoms with E-state index in [9.17, 15) is 4.79 Å². The Hall–Kier alpha value is -1.39. The Morgan fingerprint density at radius 3 is 3.06 bits per heavy atom. The third-order valence-corrected chi connectivity index (χ3v) is 3.42. The van der Waals surface area contributed by atoms with Gasteiger partial charge in [0.1, 0.15) is 5.82 Å². The molecule has 0 aromatic carbocycles. The molecular weight excluding hydrogens is 216 g/mol. The van der Waals surface area contributed by atoms with Gasteiger partial charge in [0.25, 0.3) is 0 Å². The second-order valence-corrected chi connectivity index (χ2v) is 4.67. The number of fused-ring (bicyclic) bond motifs is 1. The molecule has 1 aliphatic rings. The molecule has 0 fully saturated rings. The summed E-state index contributed by atoms with van der Waals surface area (Å²) in [6.45, 7) is 5.44. The number of hydrogen-bond acceptors (Lipinski definition) is 3. The lowest BCUT2D eigenvalue weighted by Gasteiger charge is -2.15. The zero-order valence-corrected chi connectivity index (χ0v) is 10.6. The molecule has 1 aromatic heterocycles. The van der Waals surface area contributed by atoms with Crippen LogP contribution in [0.1, 0.15) is 44.8 Å². The Morgan fingerprint density at radius 1 is 1.47 bits per heavy atom. The highest BCUT2D eigenvalue weighted by atomic mass is 16.1. The van der Waals surface area contributed by atoms with Gasteiger partial charge in [0.15, 0.2) is 5.82 Å². The summed E-state index contributed by atoms with van der Waals surface area (Å²) in [5.74, 6) is 2.11. The molecule has 2 rings (SSSR count). The molecule has 0 saturated carbocycles. The molecule has 2 heterocycles. The Bertz CT molecular complexity index is 399. The van der Waals surface area contributed by atoms with Crippen molar-refractivity contribution in [1.82, 2.24) is 20.1 Å². The van der Waals surface area contributed by atoms with E-state index in [2.05, 4.69) is 20.1 Å². The fourth-order valence-corrected chi connectivity index (χ4v) is 2.03. The van der Waals surface area contributed by atoms with Gasteiger partial charge in [-0.05, 0) is 19.3 Å². The van der Waals surface area contributed by atoms with Gasteiger partial charge in [0.2, 0.25) is 5.91 Å². The quantitative estimate of drug-likeness (QED) is 0.856. The Kier molecular flexibility index (Phi) is 3.76.